The van der Waals surface area contributed by atoms with Gasteiger partial charge in [-0.3, -0.25) is 0 Å². The first-order valence-corrected chi connectivity index (χ1v) is 6.42. The van der Waals surface area contributed by atoms with E-state index >= 15 is 0 Å². The van der Waals surface area contributed by atoms with Crippen LogP contribution in [0.4, 0.5) is 0 Å². The van der Waals surface area contributed by atoms with Crippen molar-refractivity contribution in [1.82, 2.24) is 0 Å². The van der Waals surface area contributed by atoms with Crippen LogP contribution in [-0.4, -0.2) is 17.9 Å². The van der Waals surface area contributed by atoms with E-state index in [2.05, 4.69) is 15.9 Å². The van der Waals surface area contributed by atoms with Crippen molar-refractivity contribution in [3.8, 4) is 0 Å². The van der Waals surface area contributed by atoms with E-state index in [0.717, 1.165) is 10.0 Å². The van der Waals surface area contributed by atoms with E-state index in [1.165, 1.54) is 4.90 Å². The van der Waals surface area contributed by atoms with Crippen molar-refractivity contribution < 1.29 is 5.11 Å². The van der Waals surface area contributed by atoms with Gasteiger partial charge in [-0.15, -0.1) is 11.8 Å². The van der Waals surface area contributed by atoms with E-state index in [1.54, 1.807) is 11.8 Å². The van der Waals surface area contributed by atoms with Gasteiger partial charge in [-0.25, -0.2) is 0 Å². The monoisotopic (exact) mass is 275 g/mol. The van der Waals surface area contributed by atoms with Crippen LogP contribution in [0.2, 0.25) is 0 Å². The van der Waals surface area contributed by atoms with Crippen LogP contribution in [0.25, 0.3) is 0 Å². The lowest BCUT2D eigenvalue weighted by atomic mass is 10.1. The number of benzene rings is 1. The fourth-order valence-corrected chi connectivity index (χ4v) is 2.55. The van der Waals surface area contributed by atoms with Crippen LogP contribution in [0, 0.1) is 0 Å². The van der Waals surface area contributed by atoms with Crippen LogP contribution in [0.15, 0.2) is 27.6 Å². The first kappa shape index (κ1) is 12.0. The lowest BCUT2D eigenvalue weighted by Crippen LogP contribution is -2.06. The predicted octanol–water partition coefficient (Wildman–Crippen LogP) is 2.55. The van der Waals surface area contributed by atoms with E-state index in [1.807, 2.05) is 24.5 Å². The largest absolute Gasteiger partial charge is 0.388 e. The molecule has 0 fully saturated rings. The SMILES string of the molecule is CSc1ccc(C(O)CCN)cc1Br. The van der Waals surface area contributed by atoms with Gasteiger partial charge in [0.25, 0.3) is 0 Å². The zero-order valence-corrected chi connectivity index (χ0v) is 10.4. The molecule has 0 radical (unpaired) electrons. The normalized spacial score (nSPS) is 12.9. The summed E-state index contributed by atoms with van der Waals surface area (Å²) in [7, 11) is 0. The van der Waals surface area contributed by atoms with Crippen LogP contribution in [0.5, 0.6) is 0 Å². The Labute approximate surface area is 97.0 Å². The molecular formula is C10H14BrNOS. The summed E-state index contributed by atoms with van der Waals surface area (Å²) in [5, 5.41) is 9.70. The molecular weight excluding hydrogens is 262 g/mol. The molecule has 0 aliphatic carbocycles. The Morgan fingerprint density at radius 1 is 1.57 bits per heavy atom. The van der Waals surface area contributed by atoms with Crippen molar-refractivity contribution in [1.29, 1.82) is 0 Å². The Kier molecular flexibility index (Phi) is 4.95. The van der Waals surface area contributed by atoms with Crippen molar-refractivity contribution in [2.45, 2.75) is 17.4 Å². The van der Waals surface area contributed by atoms with Gasteiger partial charge in [0.2, 0.25) is 0 Å². The molecule has 0 aliphatic heterocycles. The number of hydrogen-bond donors (Lipinski definition) is 2. The lowest BCUT2D eigenvalue weighted by Gasteiger charge is -2.11. The molecule has 1 aromatic rings. The minimum Gasteiger partial charge on any atom is -0.388 e. The molecule has 14 heavy (non-hydrogen) atoms. The number of nitrogens with two attached hydrogens (primary N) is 1. The molecule has 1 unspecified atom stereocenters. The third-order valence-corrected chi connectivity index (χ3v) is 3.72. The Morgan fingerprint density at radius 3 is 2.79 bits per heavy atom. The van der Waals surface area contributed by atoms with E-state index in [9.17, 15) is 5.11 Å². The summed E-state index contributed by atoms with van der Waals surface area (Å²) >= 11 is 5.14. The quantitative estimate of drug-likeness (QED) is 0.831. The maximum atomic E-state index is 9.70. The van der Waals surface area contributed by atoms with E-state index in [-0.39, 0.29) is 0 Å². The average Bonchev–Trinajstić information content (AvgIpc) is 2.18. The maximum Gasteiger partial charge on any atom is 0.0802 e. The molecule has 1 aromatic carbocycles. The summed E-state index contributed by atoms with van der Waals surface area (Å²) in [4.78, 5) is 1.17. The summed E-state index contributed by atoms with van der Waals surface area (Å²) < 4.78 is 1.03. The second-order valence-electron chi connectivity index (χ2n) is 2.99. The Morgan fingerprint density at radius 2 is 2.29 bits per heavy atom. The van der Waals surface area contributed by atoms with Gasteiger partial charge in [0, 0.05) is 9.37 Å². The Bertz CT molecular complexity index is 306. The van der Waals surface area contributed by atoms with Gasteiger partial charge in [0.15, 0.2) is 0 Å². The highest BCUT2D eigenvalue weighted by Crippen LogP contribution is 2.29. The third kappa shape index (κ3) is 2.98. The Balaban J connectivity index is 2.85. The number of aliphatic hydroxyl groups excluding tert-OH is 1. The van der Waals surface area contributed by atoms with Gasteiger partial charge >= 0.3 is 0 Å². The van der Waals surface area contributed by atoms with Crippen molar-refractivity contribution in [3.63, 3.8) is 0 Å². The van der Waals surface area contributed by atoms with Gasteiger partial charge in [0.05, 0.1) is 6.10 Å². The molecule has 0 aromatic heterocycles. The molecule has 0 heterocycles. The summed E-state index contributed by atoms with van der Waals surface area (Å²) in [5.41, 5.74) is 6.30. The summed E-state index contributed by atoms with van der Waals surface area (Å²) in [6.45, 7) is 0.503. The van der Waals surface area contributed by atoms with Crippen molar-refractivity contribution in [2.75, 3.05) is 12.8 Å². The standard InChI is InChI=1S/C10H14BrNOS/c1-14-10-3-2-7(6-8(10)11)9(13)4-5-12/h2-3,6,9,13H,4-5,12H2,1H3. The number of thioether (sulfide) groups is 1. The second kappa shape index (κ2) is 5.75. The van der Waals surface area contributed by atoms with Crippen LogP contribution in [0.3, 0.4) is 0 Å². The topological polar surface area (TPSA) is 46.2 Å². The predicted molar refractivity (Wildman–Crippen MR) is 64.6 cm³/mol. The molecule has 0 saturated heterocycles. The molecule has 1 rings (SSSR count). The molecule has 78 valence electrons. The molecule has 0 amide bonds. The molecule has 2 nitrogen and oxygen atoms in total. The first-order chi connectivity index (χ1) is 6.69. The number of aliphatic hydroxyl groups is 1. The smallest absolute Gasteiger partial charge is 0.0802 e. The molecule has 1 atom stereocenters. The summed E-state index contributed by atoms with van der Waals surface area (Å²) in [6.07, 6.45) is 2.17. The van der Waals surface area contributed by atoms with E-state index in [0.29, 0.717) is 13.0 Å². The van der Waals surface area contributed by atoms with E-state index in [4.69, 9.17) is 5.73 Å². The van der Waals surface area contributed by atoms with Gasteiger partial charge in [-0.1, -0.05) is 6.07 Å². The number of rotatable bonds is 4. The van der Waals surface area contributed by atoms with E-state index < -0.39 is 6.10 Å². The highest BCUT2D eigenvalue weighted by Gasteiger charge is 2.08. The minimum atomic E-state index is -0.452. The lowest BCUT2D eigenvalue weighted by molar-refractivity contribution is 0.170. The van der Waals surface area contributed by atoms with Crippen molar-refractivity contribution >= 4 is 27.7 Å². The fraction of sp³-hybridized carbons (Fsp3) is 0.400. The van der Waals surface area contributed by atoms with Crippen LogP contribution < -0.4 is 5.73 Å². The number of hydrogen-bond acceptors (Lipinski definition) is 3. The van der Waals surface area contributed by atoms with Crippen molar-refractivity contribution in [3.05, 3.63) is 28.2 Å². The molecule has 4 heteroatoms. The third-order valence-electron chi connectivity index (χ3n) is 2.00. The van der Waals surface area contributed by atoms with Crippen molar-refractivity contribution in [2.24, 2.45) is 5.73 Å². The highest BCUT2D eigenvalue weighted by molar-refractivity contribution is 9.10. The minimum absolute atomic E-state index is 0.452. The van der Waals surface area contributed by atoms with Gasteiger partial charge < -0.3 is 10.8 Å². The summed E-state index contributed by atoms with van der Waals surface area (Å²) in [5.74, 6) is 0. The zero-order valence-electron chi connectivity index (χ0n) is 8.03. The fourth-order valence-electron chi connectivity index (χ4n) is 1.21. The van der Waals surface area contributed by atoms with Crippen LogP contribution >= 0.6 is 27.7 Å². The zero-order chi connectivity index (χ0) is 10.6. The molecule has 0 aliphatic rings. The summed E-state index contributed by atoms with van der Waals surface area (Å²) in [6, 6.07) is 5.90. The average molecular weight is 276 g/mol. The molecule has 0 spiro atoms. The number of halogens is 1. The molecule has 0 saturated carbocycles. The molecule has 3 N–H and O–H groups in total. The van der Waals surface area contributed by atoms with Crippen LogP contribution in [0.1, 0.15) is 18.1 Å². The second-order valence-corrected chi connectivity index (χ2v) is 4.69. The van der Waals surface area contributed by atoms with Gasteiger partial charge in [-0.05, 0) is 52.8 Å². The Hall–Kier alpha value is -0.0300. The van der Waals surface area contributed by atoms with Gasteiger partial charge in [0.1, 0.15) is 0 Å². The highest BCUT2D eigenvalue weighted by atomic mass is 79.9. The van der Waals surface area contributed by atoms with Gasteiger partial charge in [-0.2, -0.15) is 0 Å². The molecule has 0 bridgehead atoms. The first-order valence-electron chi connectivity index (χ1n) is 4.40. The maximum absolute atomic E-state index is 9.70. The van der Waals surface area contributed by atoms with Crippen LogP contribution in [-0.2, 0) is 0 Å².